The fraction of sp³-hybridized carbons (Fsp3) is 0.368. The van der Waals surface area contributed by atoms with Gasteiger partial charge in [0.25, 0.3) is 5.91 Å². The lowest BCUT2D eigenvalue weighted by molar-refractivity contribution is 0.0927. The van der Waals surface area contributed by atoms with E-state index in [1.807, 2.05) is 0 Å². The number of nitrogens with one attached hydrogen (secondary N) is 1. The molecule has 1 amide bonds. The minimum absolute atomic E-state index is 0.0631. The maximum atomic E-state index is 14.0. The fourth-order valence-corrected chi connectivity index (χ4v) is 3.56. The molecule has 0 fully saturated rings. The third-order valence-corrected chi connectivity index (χ3v) is 4.95. The number of nitrogens with zero attached hydrogens (tertiary/aromatic N) is 5. The van der Waals surface area contributed by atoms with Gasteiger partial charge in [0, 0.05) is 12.1 Å². The number of fused-ring (bicyclic) bond motifs is 1. The highest BCUT2D eigenvalue weighted by atomic mass is 19.1. The summed E-state index contributed by atoms with van der Waals surface area (Å²) in [5, 5.41) is 17.4. The molecule has 3 aromatic heterocycles. The predicted molar refractivity (Wildman–Crippen MR) is 102 cm³/mol. The first-order valence-electron chi connectivity index (χ1n) is 9.50. The number of hydrogen-bond donors (Lipinski definition) is 2. The van der Waals surface area contributed by atoms with Crippen LogP contribution in [0.25, 0.3) is 5.65 Å². The summed E-state index contributed by atoms with van der Waals surface area (Å²) < 4.78 is 26.9. The highest BCUT2D eigenvalue weighted by molar-refractivity contribution is 6.00. The molecule has 0 aromatic carbocycles. The largest absolute Gasteiger partial charge is 0.485 e. The second-order valence-corrected chi connectivity index (χ2v) is 7.40. The number of aliphatic hydroxyl groups is 1. The van der Waals surface area contributed by atoms with Crippen LogP contribution in [0, 0.1) is 5.82 Å². The van der Waals surface area contributed by atoms with E-state index in [1.54, 1.807) is 18.0 Å². The molecule has 5 rings (SSSR count). The second-order valence-electron chi connectivity index (χ2n) is 7.40. The number of pyridine rings is 1. The summed E-state index contributed by atoms with van der Waals surface area (Å²) in [6.07, 6.45) is 3.34. The number of aliphatic hydroxyl groups excluding tert-OH is 1. The van der Waals surface area contributed by atoms with Crippen molar-refractivity contribution in [2.75, 3.05) is 24.7 Å². The summed E-state index contributed by atoms with van der Waals surface area (Å²) in [4.78, 5) is 23.2. The van der Waals surface area contributed by atoms with E-state index in [9.17, 15) is 14.3 Å². The van der Waals surface area contributed by atoms with E-state index in [0.717, 1.165) is 6.20 Å². The Balaban J connectivity index is 1.70. The number of ether oxygens (including phenoxy) is 2. The van der Waals surface area contributed by atoms with Gasteiger partial charge in [0.2, 0.25) is 5.88 Å². The summed E-state index contributed by atoms with van der Waals surface area (Å²) in [5.41, 5.74) is 1.14. The van der Waals surface area contributed by atoms with Crippen molar-refractivity contribution in [3.05, 3.63) is 41.6 Å². The SMILES string of the molecule is C[C@@H]1COc2ncc(F)cc2CN2C[C@@H](O)COc3cn4ncc(c4nc32)C(=O)N1. The lowest BCUT2D eigenvalue weighted by atomic mass is 10.2. The average molecular weight is 414 g/mol. The summed E-state index contributed by atoms with van der Waals surface area (Å²) in [6, 6.07) is 0.998. The molecule has 2 N–H and O–H groups in total. The third kappa shape index (κ3) is 3.26. The standard InChI is InChI=1S/C19H19FN6O4/c1-10-8-30-19-11(2-12(20)3-21-19)5-25-6-13(27)9-29-15-7-26-16(24-17(15)25)14(4-22-26)18(28)23-10/h2-4,7,10,13,27H,5-6,8-9H2,1H3,(H,23,28)/t10-,13-/m1/s1. The van der Waals surface area contributed by atoms with E-state index in [1.165, 1.54) is 16.8 Å². The Bertz CT molecular complexity index is 1140. The number of anilines is 1. The molecule has 2 bridgehead atoms. The van der Waals surface area contributed by atoms with Crippen molar-refractivity contribution < 1.29 is 23.8 Å². The van der Waals surface area contributed by atoms with Gasteiger partial charge in [-0.2, -0.15) is 5.10 Å². The number of halogens is 1. The quantitative estimate of drug-likeness (QED) is 0.548. The zero-order valence-electron chi connectivity index (χ0n) is 16.1. The second kappa shape index (κ2) is 7.10. The topological polar surface area (TPSA) is 114 Å². The minimum atomic E-state index is -0.795. The number of rotatable bonds is 0. The van der Waals surface area contributed by atoms with Crippen LogP contribution in [0.3, 0.4) is 0 Å². The normalized spacial score (nSPS) is 21.4. The number of amides is 1. The first-order chi connectivity index (χ1) is 14.5. The molecule has 2 aliphatic heterocycles. The number of carbonyl (C=O) groups excluding carboxylic acids is 1. The Hall–Kier alpha value is -3.47. The van der Waals surface area contributed by atoms with Gasteiger partial charge in [-0.15, -0.1) is 0 Å². The van der Waals surface area contributed by atoms with Crippen molar-refractivity contribution in [1.82, 2.24) is 24.9 Å². The molecule has 0 saturated heterocycles. The van der Waals surface area contributed by atoms with Crippen molar-refractivity contribution in [2.24, 2.45) is 0 Å². The van der Waals surface area contributed by atoms with Gasteiger partial charge in [-0.3, -0.25) is 4.79 Å². The average Bonchev–Trinajstić information content (AvgIpc) is 3.06. The van der Waals surface area contributed by atoms with Crippen LogP contribution in [-0.2, 0) is 6.54 Å². The van der Waals surface area contributed by atoms with E-state index in [0.29, 0.717) is 28.3 Å². The van der Waals surface area contributed by atoms with Gasteiger partial charge in [-0.25, -0.2) is 18.9 Å². The van der Waals surface area contributed by atoms with Crippen LogP contribution in [-0.4, -0.2) is 62.5 Å². The zero-order valence-corrected chi connectivity index (χ0v) is 16.1. The Morgan fingerprint density at radius 1 is 1.30 bits per heavy atom. The smallest absolute Gasteiger partial charge is 0.257 e. The van der Waals surface area contributed by atoms with Gasteiger partial charge in [-0.05, 0) is 13.0 Å². The molecule has 0 unspecified atom stereocenters. The van der Waals surface area contributed by atoms with Crippen LogP contribution in [0.5, 0.6) is 11.6 Å². The molecule has 30 heavy (non-hydrogen) atoms. The summed E-state index contributed by atoms with van der Waals surface area (Å²) in [6.45, 7) is 2.36. The van der Waals surface area contributed by atoms with E-state index in [2.05, 4.69) is 20.4 Å². The van der Waals surface area contributed by atoms with Gasteiger partial charge in [-0.1, -0.05) is 0 Å². The molecule has 10 nitrogen and oxygen atoms in total. The van der Waals surface area contributed by atoms with E-state index in [-0.39, 0.29) is 44.1 Å². The molecule has 2 aliphatic rings. The number of hydrogen-bond acceptors (Lipinski definition) is 8. The van der Waals surface area contributed by atoms with Crippen molar-refractivity contribution >= 4 is 17.4 Å². The van der Waals surface area contributed by atoms with Gasteiger partial charge in [0.1, 0.15) is 30.7 Å². The number of aromatic nitrogens is 4. The number of carbonyl (C=O) groups is 1. The van der Waals surface area contributed by atoms with Crippen LogP contribution >= 0.6 is 0 Å². The van der Waals surface area contributed by atoms with Gasteiger partial charge in [0.05, 0.1) is 31.2 Å². The van der Waals surface area contributed by atoms with Gasteiger partial charge in [0.15, 0.2) is 17.2 Å². The van der Waals surface area contributed by atoms with Crippen LogP contribution in [0.1, 0.15) is 22.8 Å². The maximum Gasteiger partial charge on any atom is 0.257 e. The maximum absolute atomic E-state index is 14.0. The Labute approximate surface area is 170 Å². The molecular formula is C19H19FN6O4. The fourth-order valence-electron chi connectivity index (χ4n) is 3.56. The summed E-state index contributed by atoms with van der Waals surface area (Å²) in [5.74, 6) is 0.208. The molecule has 0 spiro atoms. The summed E-state index contributed by atoms with van der Waals surface area (Å²) >= 11 is 0. The Morgan fingerprint density at radius 3 is 3.03 bits per heavy atom. The Kier molecular flexibility index (Phi) is 4.39. The van der Waals surface area contributed by atoms with Crippen molar-refractivity contribution in [3.8, 4) is 11.6 Å². The molecular weight excluding hydrogens is 395 g/mol. The summed E-state index contributed by atoms with van der Waals surface area (Å²) in [7, 11) is 0. The van der Waals surface area contributed by atoms with E-state index >= 15 is 0 Å². The molecule has 11 heteroatoms. The lowest BCUT2D eigenvalue weighted by Crippen LogP contribution is -2.37. The van der Waals surface area contributed by atoms with Crippen LogP contribution in [0.15, 0.2) is 24.7 Å². The molecule has 2 atom stereocenters. The van der Waals surface area contributed by atoms with E-state index < -0.39 is 11.9 Å². The predicted octanol–water partition coefficient (Wildman–Crippen LogP) is 0.534. The molecule has 3 aromatic rings. The van der Waals surface area contributed by atoms with Crippen LogP contribution in [0.4, 0.5) is 10.2 Å². The van der Waals surface area contributed by atoms with Gasteiger partial charge < -0.3 is 24.8 Å². The van der Waals surface area contributed by atoms with Crippen molar-refractivity contribution in [1.29, 1.82) is 0 Å². The Morgan fingerprint density at radius 2 is 2.17 bits per heavy atom. The first-order valence-corrected chi connectivity index (χ1v) is 9.50. The van der Waals surface area contributed by atoms with Crippen LogP contribution < -0.4 is 19.7 Å². The lowest BCUT2D eigenvalue weighted by Gasteiger charge is -2.24. The molecule has 5 heterocycles. The molecule has 0 aliphatic carbocycles. The molecule has 156 valence electrons. The third-order valence-electron chi connectivity index (χ3n) is 4.95. The van der Waals surface area contributed by atoms with Gasteiger partial charge >= 0.3 is 0 Å². The monoisotopic (exact) mass is 414 g/mol. The highest BCUT2D eigenvalue weighted by Crippen LogP contribution is 2.32. The van der Waals surface area contributed by atoms with Crippen LogP contribution in [0.2, 0.25) is 0 Å². The first kappa shape index (κ1) is 18.6. The van der Waals surface area contributed by atoms with Crippen molar-refractivity contribution in [3.63, 3.8) is 0 Å². The zero-order chi connectivity index (χ0) is 20.8. The minimum Gasteiger partial charge on any atom is -0.485 e. The van der Waals surface area contributed by atoms with E-state index in [4.69, 9.17) is 9.47 Å². The highest BCUT2D eigenvalue weighted by Gasteiger charge is 2.28. The molecule has 0 saturated carbocycles. The van der Waals surface area contributed by atoms with Crippen molar-refractivity contribution in [2.45, 2.75) is 25.6 Å². The molecule has 0 radical (unpaired) electrons.